The maximum atomic E-state index is 14.9. The highest BCUT2D eigenvalue weighted by Gasteiger charge is 2.36. The van der Waals surface area contributed by atoms with E-state index in [1.54, 1.807) is 53.5 Å². The second kappa shape index (κ2) is 9.45. The van der Waals surface area contributed by atoms with Crippen LogP contribution in [0.3, 0.4) is 0 Å². The molecule has 4 heterocycles. The highest BCUT2D eigenvalue weighted by atomic mass is 19.1. The number of fused-ring (bicyclic) bond motifs is 1. The van der Waals surface area contributed by atoms with Gasteiger partial charge in [-0.2, -0.15) is 0 Å². The number of amides is 1. The minimum atomic E-state index is -0.381. The third-order valence-corrected chi connectivity index (χ3v) is 6.56. The first-order chi connectivity index (χ1) is 18.1. The summed E-state index contributed by atoms with van der Waals surface area (Å²) in [6, 6.07) is 13.8. The van der Waals surface area contributed by atoms with Crippen LogP contribution >= 0.6 is 0 Å². The molecule has 2 N–H and O–H groups in total. The van der Waals surface area contributed by atoms with Gasteiger partial charge >= 0.3 is 0 Å². The van der Waals surface area contributed by atoms with Crippen LogP contribution in [-0.4, -0.2) is 48.3 Å². The van der Waals surface area contributed by atoms with Crippen LogP contribution in [0.4, 0.5) is 4.39 Å². The molecule has 1 aliphatic carbocycles. The maximum absolute atomic E-state index is 14.9. The van der Waals surface area contributed by atoms with Gasteiger partial charge in [0.2, 0.25) is 0 Å². The zero-order chi connectivity index (χ0) is 25.4. The van der Waals surface area contributed by atoms with Crippen molar-refractivity contribution in [1.82, 2.24) is 35.0 Å². The Kier molecular flexibility index (Phi) is 5.84. The second-order valence-corrected chi connectivity index (χ2v) is 8.97. The van der Waals surface area contributed by atoms with E-state index in [9.17, 15) is 9.18 Å². The molecule has 0 bridgehead atoms. The highest BCUT2D eigenvalue weighted by molar-refractivity contribution is 5.98. The molecule has 0 radical (unpaired) electrons. The molecule has 1 aromatic carbocycles. The molecule has 186 valence electrons. The van der Waals surface area contributed by atoms with E-state index in [1.165, 1.54) is 6.07 Å². The smallest absolute Gasteiger partial charge is 0.267 e. The van der Waals surface area contributed by atoms with Gasteiger partial charge in [0.25, 0.3) is 5.91 Å². The van der Waals surface area contributed by atoms with Gasteiger partial charge < -0.3 is 15.0 Å². The molecule has 5 aromatic rings. The number of aromatic amines is 1. The Bertz CT molecular complexity index is 1540. The average Bonchev–Trinajstić information content (AvgIpc) is 3.52. The maximum Gasteiger partial charge on any atom is 0.267 e. The molecule has 1 aliphatic rings. The van der Waals surface area contributed by atoms with Crippen molar-refractivity contribution in [3.05, 3.63) is 84.5 Å². The van der Waals surface area contributed by atoms with Crippen molar-refractivity contribution in [3.63, 3.8) is 0 Å². The lowest BCUT2D eigenvalue weighted by molar-refractivity contribution is 0.0903. The van der Waals surface area contributed by atoms with E-state index in [0.29, 0.717) is 53.9 Å². The summed E-state index contributed by atoms with van der Waals surface area (Å²) < 4.78 is 22.1. The van der Waals surface area contributed by atoms with E-state index >= 15 is 0 Å². The molecule has 4 aromatic heterocycles. The van der Waals surface area contributed by atoms with Crippen LogP contribution in [-0.2, 0) is 0 Å². The van der Waals surface area contributed by atoms with Crippen molar-refractivity contribution in [1.29, 1.82) is 0 Å². The van der Waals surface area contributed by atoms with Gasteiger partial charge in [-0.05, 0) is 56.2 Å². The number of nitrogens with one attached hydrogen (secondary N) is 2. The van der Waals surface area contributed by atoms with Crippen LogP contribution in [0.25, 0.3) is 28.1 Å². The largest absolute Gasteiger partial charge is 0.492 e. The predicted molar refractivity (Wildman–Crippen MR) is 135 cm³/mol. The van der Waals surface area contributed by atoms with Crippen LogP contribution in [0.2, 0.25) is 0 Å². The SMILES string of the molecule is CCOc1ccc(-c2nnc(C3CC(NC(=O)c4cc5ccncc5[nH]4)C3)n2-c2ccccc2F)nc1. The topological polar surface area (TPSA) is 111 Å². The second-order valence-electron chi connectivity index (χ2n) is 8.97. The van der Waals surface area contributed by atoms with E-state index in [0.717, 1.165) is 10.9 Å². The third-order valence-electron chi connectivity index (χ3n) is 6.56. The van der Waals surface area contributed by atoms with Crippen LogP contribution in [0.15, 0.2) is 67.1 Å². The first-order valence-electron chi connectivity index (χ1n) is 12.1. The van der Waals surface area contributed by atoms with E-state index < -0.39 is 0 Å². The van der Waals surface area contributed by atoms with Gasteiger partial charge in [0.05, 0.1) is 30.2 Å². The van der Waals surface area contributed by atoms with Gasteiger partial charge in [0.1, 0.15) is 28.8 Å². The molecule has 0 atom stereocenters. The number of benzene rings is 1. The molecule has 0 unspecified atom stereocenters. The number of halogens is 1. The van der Waals surface area contributed by atoms with Gasteiger partial charge in [-0.25, -0.2) is 9.37 Å². The Labute approximate surface area is 211 Å². The molecule has 9 nitrogen and oxygen atoms in total. The van der Waals surface area contributed by atoms with Crippen molar-refractivity contribution in [3.8, 4) is 23.0 Å². The van der Waals surface area contributed by atoms with Crippen molar-refractivity contribution in [2.75, 3.05) is 6.61 Å². The molecule has 6 rings (SSSR count). The fraction of sp³-hybridized carbons (Fsp3) is 0.222. The number of rotatable bonds is 7. The quantitative estimate of drug-likeness (QED) is 0.344. The molecule has 1 fully saturated rings. The lowest BCUT2D eigenvalue weighted by Gasteiger charge is -2.35. The number of H-pyrrole nitrogens is 1. The fourth-order valence-electron chi connectivity index (χ4n) is 4.67. The first kappa shape index (κ1) is 22.8. The van der Waals surface area contributed by atoms with Gasteiger partial charge in [-0.3, -0.25) is 14.3 Å². The van der Waals surface area contributed by atoms with Crippen molar-refractivity contribution in [2.45, 2.75) is 31.7 Å². The zero-order valence-electron chi connectivity index (χ0n) is 20.1. The zero-order valence-corrected chi connectivity index (χ0v) is 20.1. The molecule has 1 saturated carbocycles. The standard InChI is InChI=1S/C27H24FN7O2/c1-2-37-19-7-8-21(30-14-19)26-34-33-25(35(26)24-6-4-3-5-20(24)28)17-11-18(12-17)31-27(36)22-13-16-9-10-29-15-23(16)32-22/h3-10,13-15,17-18,32H,2,11-12H2,1H3,(H,31,36). The summed E-state index contributed by atoms with van der Waals surface area (Å²) in [6.45, 7) is 2.44. The minimum Gasteiger partial charge on any atom is -0.492 e. The van der Waals surface area contributed by atoms with Crippen molar-refractivity contribution in [2.24, 2.45) is 0 Å². The number of nitrogens with zero attached hydrogens (tertiary/aromatic N) is 5. The summed E-state index contributed by atoms with van der Waals surface area (Å²) in [6.07, 6.45) is 6.33. The van der Waals surface area contributed by atoms with Crippen LogP contribution in [0.1, 0.15) is 42.0 Å². The van der Waals surface area contributed by atoms with E-state index in [2.05, 4.69) is 30.5 Å². The van der Waals surface area contributed by atoms with Crippen LogP contribution in [0, 0.1) is 5.82 Å². The van der Waals surface area contributed by atoms with Crippen molar-refractivity contribution >= 4 is 16.8 Å². The number of aromatic nitrogens is 6. The Morgan fingerprint density at radius 1 is 1.16 bits per heavy atom. The number of hydrogen-bond donors (Lipinski definition) is 2. The summed E-state index contributed by atoms with van der Waals surface area (Å²) in [5.41, 5.74) is 2.22. The highest BCUT2D eigenvalue weighted by Crippen LogP contribution is 2.39. The summed E-state index contributed by atoms with van der Waals surface area (Å²) in [4.78, 5) is 24.4. The Morgan fingerprint density at radius 3 is 2.78 bits per heavy atom. The summed E-state index contributed by atoms with van der Waals surface area (Å²) >= 11 is 0. The van der Waals surface area contributed by atoms with Crippen LogP contribution < -0.4 is 10.1 Å². The van der Waals surface area contributed by atoms with E-state index in [4.69, 9.17) is 4.74 Å². The van der Waals surface area contributed by atoms with Gasteiger partial charge in [-0.15, -0.1) is 10.2 Å². The number of carbonyl (C=O) groups is 1. The molecule has 1 amide bonds. The van der Waals surface area contributed by atoms with Crippen molar-refractivity contribution < 1.29 is 13.9 Å². The molecule has 0 saturated heterocycles. The minimum absolute atomic E-state index is 0.000711. The van der Waals surface area contributed by atoms with Crippen LogP contribution in [0.5, 0.6) is 5.75 Å². The molecule has 0 aliphatic heterocycles. The Hall–Kier alpha value is -4.60. The number of hydrogen-bond acceptors (Lipinski definition) is 6. The molecular weight excluding hydrogens is 473 g/mol. The van der Waals surface area contributed by atoms with E-state index in [1.807, 2.05) is 19.1 Å². The van der Waals surface area contributed by atoms with E-state index in [-0.39, 0.29) is 23.7 Å². The lowest BCUT2D eigenvalue weighted by Crippen LogP contribution is -2.44. The molecular formula is C27H24FN7O2. The average molecular weight is 498 g/mol. The third kappa shape index (κ3) is 4.31. The number of ether oxygens (including phenoxy) is 1. The predicted octanol–water partition coefficient (Wildman–Crippen LogP) is 4.42. The van der Waals surface area contributed by atoms with Gasteiger partial charge in [-0.1, -0.05) is 12.1 Å². The summed E-state index contributed by atoms with van der Waals surface area (Å²) in [5.74, 6) is 1.18. The number of pyridine rings is 2. The molecule has 37 heavy (non-hydrogen) atoms. The summed E-state index contributed by atoms with van der Waals surface area (Å²) in [5, 5.41) is 12.8. The Balaban J connectivity index is 1.24. The fourth-order valence-corrected chi connectivity index (χ4v) is 4.67. The Morgan fingerprint density at radius 2 is 2.03 bits per heavy atom. The van der Waals surface area contributed by atoms with Gasteiger partial charge in [0, 0.05) is 23.5 Å². The molecule has 0 spiro atoms. The normalized spacial score (nSPS) is 16.9. The van der Waals surface area contributed by atoms with Gasteiger partial charge in [0.15, 0.2) is 5.82 Å². The number of carbonyl (C=O) groups excluding carboxylic acids is 1. The number of para-hydroxylation sites is 1. The monoisotopic (exact) mass is 497 g/mol. The molecule has 10 heteroatoms. The lowest BCUT2D eigenvalue weighted by atomic mass is 9.79. The summed E-state index contributed by atoms with van der Waals surface area (Å²) in [7, 11) is 0. The first-order valence-corrected chi connectivity index (χ1v) is 12.1.